The van der Waals surface area contributed by atoms with Gasteiger partial charge in [-0.3, -0.25) is 19.1 Å². The Morgan fingerprint density at radius 2 is 1.77 bits per heavy atom. The van der Waals surface area contributed by atoms with Crippen molar-refractivity contribution in [3.63, 3.8) is 0 Å². The smallest absolute Gasteiger partial charge is 0.270 e. The van der Waals surface area contributed by atoms with Gasteiger partial charge in [0, 0.05) is 64.2 Å². The van der Waals surface area contributed by atoms with E-state index in [-0.39, 0.29) is 22.8 Å². The molecule has 40 heavy (non-hydrogen) atoms. The summed E-state index contributed by atoms with van der Waals surface area (Å²) in [6.07, 6.45) is 4.13. The van der Waals surface area contributed by atoms with Crippen molar-refractivity contribution in [3.05, 3.63) is 62.0 Å². The number of halogens is 1. The second-order valence-electron chi connectivity index (χ2n) is 9.79. The maximum Gasteiger partial charge on any atom is 0.270 e. The molecule has 4 rings (SSSR count). The number of hydrogen-bond acceptors (Lipinski definition) is 8. The van der Waals surface area contributed by atoms with Crippen molar-refractivity contribution in [2.75, 3.05) is 56.2 Å². The van der Waals surface area contributed by atoms with Crippen LogP contribution in [0.3, 0.4) is 0 Å². The summed E-state index contributed by atoms with van der Waals surface area (Å²) < 4.78 is 20.8. The third-order valence-corrected chi connectivity index (χ3v) is 8.61. The predicted octanol–water partition coefficient (Wildman–Crippen LogP) is 4.53. The summed E-state index contributed by atoms with van der Waals surface area (Å²) in [5.41, 5.74) is 1.97. The number of rotatable bonds is 10. The fourth-order valence-corrected chi connectivity index (χ4v) is 6.32. The molecule has 0 bridgehead atoms. The van der Waals surface area contributed by atoms with Gasteiger partial charge in [0.25, 0.3) is 11.5 Å². The molecule has 0 unspecified atom stereocenters. The fourth-order valence-electron chi connectivity index (χ4n) is 5.03. The van der Waals surface area contributed by atoms with Gasteiger partial charge in [0.1, 0.15) is 27.6 Å². The van der Waals surface area contributed by atoms with E-state index >= 15 is 0 Å². The first kappa shape index (κ1) is 29.8. The minimum atomic E-state index is -0.311. The van der Waals surface area contributed by atoms with Gasteiger partial charge in [0.2, 0.25) is 0 Å². The van der Waals surface area contributed by atoms with Gasteiger partial charge in [-0.15, -0.1) is 0 Å². The summed E-state index contributed by atoms with van der Waals surface area (Å²) in [5.74, 6) is 0.268. The number of carbonyl (C=O) groups excluding carboxylic acids is 1. The number of unbranched alkanes of at least 4 members (excludes halogenated alkanes) is 1. The third-order valence-electron chi connectivity index (χ3n) is 7.23. The van der Waals surface area contributed by atoms with E-state index in [1.54, 1.807) is 41.7 Å². The molecular weight excluding hydrogens is 549 g/mol. The molecule has 2 saturated heterocycles. The first-order valence-corrected chi connectivity index (χ1v) is 14.7. The zero-order valence-electron chi connectivity index (χ0n) is 23.1. The number of pyridine rings is 1. The number of nitrogens with zero attached hydrogens (tertiary/aromatic N) is 5. The topological polar surface area (TPSA) is 81.8 Å². The quantitative estimate of drug-likeness (QED) is 0.229. The molecule has 11 heteroatoms. The minimum absolute atomic E-state index is 0.0895. The fraction of sp³-hybridized carbons (Fsp3) is 0.448. The number of benzene rings is 1. The van der Waals surface area contributed by atoms with Crippen molar-refractivity contribution in [1.82, 2.24) is 9.47 Å². The van der Waals surface area contributed by atoms with E-state index in [1.165, 1.54) is 23.9 Å². The molecule has 1 aromatic carbocycles. The molecule has 2 fully saturated rings. The molecule has 0 atom stereocenters. The first-order chi connectivity index (χ1) is 19.3. The third kappa shape index (κ3) is 6.24. The highest BCUT2D eigenvalue weighted by molar-refractivity contribution is 8.26. The van der Waals surface area contributed by atoms with Gasteiger partial charge in [-0.25, -0.2) is 4.39 Å². The lowest BCUT2D eigenvalue weighted by atomic mass is 10.0. The number of thioether (sulfide) groups is 1. The molecule has 1 aromatic heterocycles. The van der Waals surface area contributed by atoms with Crippen LogP contribution in [0.2, 0.25) is 0 Å². The Morgan fingerprint density at radius 1 is 1.10 bits per heavy atom. The van der Waals surface area contributed by atoms with Gasteiger partial charge in [0.05, 0.1) is 4.91 Å². The van der Waals surface area contributed by atoms with E-state index < -0.39 is 0 Å². The maximum atomic E-state index is 13.5. The standard InChI is InChI=1S/C29H34FN5O3S2/c1-4-5-11-34-26(33-15-13-32(14-16-33)22-9-7-21(30)8-10-22)23(20(2)24(19-31)27(34)36)18-25-28(37)35(29(39)40-25)12-6-17-38-3/h7-10,18H,4-6,11-17H2,1-3H3. The molecule has 2 aromatic rings. The van der Waals surface area contributed by atoms with Crippen LogP contribution in [0.1, 0.15) is 42.9 Å². The number of thiocarbonyl (C=S) groups is 1. The van der Waals surface area contributed by atoms with Crippen LogP contribution in [0.25, 0.3) is 6.08 Å². The average molecular weight is 584 g/mol. The average Bonchev–Trinajstić information content (AvgIpc) is 3.22. The lowest BCUT2D eigenvalue weighted by Gasteiger charge is -2.39. The first-order valence-electron chi connectivity index (χ1n) is 13.5. The van der Waals surface area contributed by atoms with Crippen LogP contribution in [0, 0.1) is 24.1 Å². The zero-order valence-corrected chi connectivity index (χ0v) is 24.7. The molecule has 3 heterocycles. The van der Waals surface area contributed by atoms with Gasteiger partial charge in [-0.05, 0) is 55.7 Å². The lowest BCUT2D eigenvalue weighted by Crippen LogP contribution is -2.48. The Bertz CT molecular complexity index is 1390. The number of carbonyl (C=O) groups is 1. The van der Waals surface area contributed by atoms with E-state index in [0.29, 0.717) is 72.6 Å². The van der Waals surface area contributed by atoms with E-state index in [0.717, 1.165) is 24.3 Å². The van der Waals surface area contributed by atoms with Gasteiger partial charge in [-0.1, -0.05) is 37.3 Å². The number of ether oxygens (including phenoxy) is 1. The molecule has 0 radical (unpaired) electrons. The molecule has 0 saturated carbocycles. The van der Waals surface area contributed by atoms with Crippen LogP contribution < -0.4 is 15.4 Å². The van der Waals surface area contributed by atoms with Crippen molar-refractivity contribution in [2.24, 2.45) is 0 Å². The van der Waals surface area contributed by atoms with Crippen molar-refractivity contribution >= 4 is 51.8 Å². The van der Waals surface area contributed by atoms with E-state index in [4.69, 9.17) is 17.0 Å². The highest BCUT2D eigenvalue weighted by Gasteiger charge is 2.33. The highest BCUT2D eigenvalue weighted by Crippen LogP contribution is 2.36. The van der Waals surface area contributed by atoms with Gasteiger partial charge in [-0.2, -0.15) is 5.26 Å². The Balaban J connectivity index is 1.75. The molecule has 0 aliphatic carbocycles. The van der Waals surface area contributed by atoms with Gasteiger partial charge >= 0.3 is 0 Å². The number of piperazine rings is 1. The summed E-state index contributed by atoms with van der Waals surface area (Å²) in [4.78, 5) is 33.3. The summed E-state index contributed by atoms with van der Waals surface area (Å²) in [5, 5.41) is 9.93. The second-order valence-corrected chi connectivity index (χ2v) is 11.5. The molecule has 0 spiro atoms. The second kappa shape index (κ2) is 13.4. The molecule has 2 aliphatic rings. The van der Waals surface area contributed by atoms with Crippen LogP contribution >= 0.6 is 24.0 Å². The number of methoxy groups -OCH3 is 1. The Morgan fingerprint density at radius 3 is 2.40 bits per heavy atom. The summed E-state index contributed by atoms with van der Waals surface area (Å²) in [6.45, 7) is 7.87. The van der Waals surface area contributed by atoms with Crippen LogP contribution in [-0.2, 0) is 16.1 Å². The Labute approximate surface area is 244 Å². The van der Waals surface area contributed by atoms with Gasteiger partial charge in [0.15, 0.2) is 0 Å². The molecule has 8 nitrogen and oxygen atoms in total. The largest absolute Gasteiger partial charge is 0.385 e. The van der Waals surface area contributed by atoms with E-state index in [9.17, 15) is 19.2 Å². The molecule has 212 valence electrons. The molecule has 1 amide bonds. The monoisotopic (exact) mass is 583 g/mol. The van der Waals surface area contributed by atoms with Crippen LogP contribution in [0.15, 0.2) is 34.0 Å². The molecule has 2 aliphatic heterocycles. The van der Waals surface area contributed by atoms with Crippen molar-refractivity contribution in [2.45, 2.75) is 39.7 Å². The highest BCUT2D eigenvalue weighted by atomic mass is 32.2. The molecular formula is C29H34FN5O3S2. The van der Waals surface area contributed by atoms with Crippen molar-refractivity contribution < 1.29 is 13.9 Å². The predicted molar refractivity (Wildman–Crippen MR) is 162 cm³/mol. The van der Waals surface area contributed by atoms with Gasteiger partial charge < -0.3 is 14.5 Å². The van der Waals surface area contributed by atoms with Crippen LogP contribution in [-0.4, -0.2) is 66.1 Å². The lowest BCUT2D eigenvalue weighted by molar-refractivity contribution is -0.122. The summed E-state index contributed by atoms with van der Waals surface area (Å²) >= 11 is 6.75. The number of nitriles is 1. The summed E-state index contributed by atoms with van der Waals surface area (Å²) in [7, 11) is 1.62. The minimum Gasteiger partial charge on any atom is -0.385 e. The number of anilines is 2. The number of hydrogen-bond donors (Lipinski definition) is 0. The van der Waals surface area contributed by atoms with Crippen molar-refractivity contribution in [1.29, 1.82) is 5.26 Å². The molecule has 0 N–H and O–H groups in total. The maximum absolute atomic E-state index is 13.5. The van der Waals surface area contributed by atoms with E-state index in [1.807, 2.05) is 0 Å². The zero-order chi connectivity index (χ0) is 28.8. The SMILES string of the molecule is CCCCn1c(N2CCN(c3ccc(F)cc3)CC2)c(C=C2SC(=S)N(CCCOC)C2=O)c(C)c(C#N)c1=O. The normalized spacial score (nSPS) is 16.8. The number of aromatic nitrogens is 1. The van der Waals surface area contributed by atoms with E-state index in [2.05, 4.69) is 22.8 Å². The van der Waals surface area contributed by atoms with Crippen LogP contribution in [0.5, 0.6) is 0 Å². The van der Waals surface area contributed by atoms with Crippen LogP contribution in [0.4, 0.5) is 15.9 Å². The van der Waals surface area contributed by atoms with Crippen molar-refractivity contribution in [3.8, 4) is 6.07 Å². The number of amides is 1. The Hall–Kier alpha value is -3.20. The summed E-state index contributed by atoms with van der Waals surface area (Å²) in [6, 6.07) is 8.57. The Kier molecular flexibility index (Phi) is 10.0.